The molecule has 0 amide bonds. The van der Waals surface area contributed by atoms with Crippen LogP contribution in [0.2, 0.25) is 0 Å². The minimum atomic E-state index is 0.593. The third kappa shape index (κ3) is 6.15. The van der Waals surface area contributed by atoms with Gasteiger partial charge < -0.3 is 5.32 Å². The first kappa shape index (κ1) is 16.4. The molecule has 1 aromatic heterocycles. The van der Waals surface area contributed by atoms with Gasteiger partial charge in [0.15, 0.2) is 0 Å². The van der Waals surface area contributed by atoms with E-state index in [0.29, 0.717) is 12.0 Å². The Labute approximate surface area is 130 Å². The summed E-state index contributed by atoms with van der Waals surface area (Å²) >= 11 is 0. The lowest BCUT2D eigenvalue weighted by atomic mass is 10.2. The molecule has 21 heavy (non-hydrogen) atoms. The zero-order valence-corrected chi connectivity index (χ0v) is 14.1. The standard InChI is InChI=1S/C18H31N3/c1-14(2)10-19-11-17-6-5-7-18(20-17)13-21(15(3)4)12-16-8-9-16/h5-7,14-16,19H,8-13H2,1-4H3. The maximum absolute atomic E-state index is 4.82. The molecule has 0 bridgehead atoms. The van der Waals surface area contributed by atoms with Crippen molar-refractivity contribution in [2.45, 2.75) is 59.7 Å². The van der Waals surface area contributed by atoms with Gasteiger partial charge in [0.2, 0.25) is 0 Å². The van der Waals surface area contributed by atoms with E-state index in [1.54, 1.807) is 0 Å². The lowest BCUT2D eigenvalue weighted by molar-refractivity contribution is 0.201. The SMILES string of the molecule is CC(C)CNCc1cccc(CN(CC2CC2)C(C)C)n1. The zero-order chi connectivity index (χ0) is 15.2. The summed E-state index contributed by atoms with van der Waals surface area (Å²) < 4.78 is 0. The molecule has 1 aliphatic rings. The van der Waals surface area contributed by atoms with Crippen LogP contribution in [0.1, 0.15) is 51.9 Å². The van der Waals surface area contributed by atoms with Crippen LogP contribution >= 0.6 is 0 Å². The van der Waals surface area contributed by atoms with E-state index in [1.807, 2.05) is 0 Å². The van der Waals surface area contributed by atoms with Crippen molar-refractivity contribution in [3.8, 4) is 0 Å². The van der Waals surface area contributed by atoms with Crippen molar-refractivity contribution in [3.63, 3.8) is 0 Å². The van der Waals surface area contributed by atoms with Crippen molar-refractivity contribution in [2.75, 3.05) is 13.1 Å². The van der Waals surface area contributed by atoms with Crippen molar-refractivity contribution >= 4 is 0 Å². The largest absolute Gasteiger partial charge is 0.311 e. The van der Waals surface area contributed by atoms with Crippen LogP contribution in [0.4, 0.5) is 0 Å². The zero-order valence-electron chi connectivity index (χ0n) is 14.1. The highest BCUT2D eigenvalue weighted by Crippen LogP contribution is 2.30. The average Bonchev–Trinajstić information content (AvgIpc) is 3.22. The minimum Gasteiger partial charge on any atom is -0.311 e. The fourth-order valence-electron chi connectivity index (χ4n) is 2.50. The molecule has 3 heteroatoms. The number of aromatic nitrogens is 1. The number of hydrogen-bond acceptors (Lipinski definition) is 3. The molecule has 0 aliphatic heterocycles. The van der Waals surface area contributed by atoms with Crippen molar-refractivity contribution in [3.05, 3.63) is 29.6 Å². The number of hydrogen-bond donors (Lipinski definition) is 1. The molecule has 0 atom stereocenters. The summed E-state index contributed by atoms with van der Waals surface area (Å²) in [7, 11) is 0. The van der Waals surface area contributed by atoms with Crippen LogP contribution in [0, 0.1) is 11.8 Å². The predicted molar refractivity (Wildman–Crippen MR) is 89.1 cm³/mol. The van der Waals surface area contributed by atoms with Crippen molar-refractivity contribution in [1.82, 2.24) is 15.2 Å². The van der Waals surface area contributed by atoms with Crippen LogP contribution in [0.15, 0.2) is 18.2 Å². The molecule has 0 radical (unpaired) electrons. The van der Waals surface area contributed by atoms with E-state index < -0.39 is 0 Å². The molecule has 1 N–H and O–H groups in total. The maximum atomic E-state index is 4.82. The summed E-state index contributed by atoms with van der Waals surface area (Å²) in [6.45, 7) is 13.2. The number of nitrogens with one attached hydrogen (secondary N) is 1. The molecule has 3 nitrogen and oxygen atoms in total. The van der Waals surface area contributed by atoms with E-state index in [4.69, 9.17) is 4.98 Å². The molecule has 0 spiro atoms. The van der Waals surface area contributed by atoms with Gasteiger partial charge in [0.25, 0.3) is 0 Å². The highest BCUT2D eigenvalue weighted by Gasteiger charge is 2.25. The van der Waals surface area contributed by atoms with E-state index in [1.165, 1.54) is 25.1 Å². The Morgan fingerprint density at radius 1 is 1.19 bits per heavy atom. The van der Waals surface area contributed by atoms with Crippen LogP contribution in [0.25, 0.3) is 0 Å². The van der Waals surface area contributed by atoms with E-state index in [-0.39, 0.29) is 0 Å². The molecule has 118 valence electrons. The first-order chi connectivity index (χ1) is 10.0. The lowest BCUT2D eigenvalue weighted by Crippen LogP contribution is -2.32. The lowest BCUT2D eigenvalue weighted by Gasteiger charge is -2.26. The monoisotopic (exact) mass is 289 g/mol. The Balaban J connectivity index is 1.89. The molecular weight excluding hydrogens is 258 g/mol. The molecule has 1 aromatic rings. The second-order valence-electron chi connectivity index (χ2n) is 7.11. The Hall–Kier alpha value is -0.930. The normalized spacial score (nSPS) is 15.4. The van der Waals surface area contributed by atoms with Crippen molar-refractivity contribution in [2.24, 2.45) is 11.8 Å². The van der Waals surface area contributed by atoms with Gasteiger partial charge in [-0.05, 0) is 57.2 Å². The Bertz CT molecular complexity index is 424. The predicted octanol–water partition coefficient (Wildman–Crippen LogP) is 3.45. The van der Waals surface area contributed by atoms with E-state index >= 15 is 0 Å². The average molecular weight is 289 g/mol. The Morgan fingerprint density at radius 2 is 1.90 bits per heavy atom. The molecule has 0 aromatic carbocycles. The van der Waals surface area contributed by atoms with Crippen molar-refractivity contribution < 1.29 is 0 Å². The van der Waals surface area contributed by atoms with E-state index in [2.05, 4.69) is 56.1 Å². The third-order valence-electron chi connectivity index (χ3n) is 4.01. The molecule has 2 rings (SSSR count). The van der Waals surface area contributed by atoms with Crippen LogP contribution in [-0.4, -0.2) is 29.0 Å². The van der Waals surface area contributed by atoms with Gasteiger partial charge in [-0.3, -0.25) is 9.88 Å². The molecule has 0 saturated heterocycles. The Kier molecular flexibility index (Phi) is 6.19. The van der Waals surface area contributed by atoms with E-state index in [0.717, 1.165) is 31.2 Å². The van der Waals surface area contributed by atoms with Gasteiger partial charge in [0, 0.05) is 25.7 Å². The smallest absolute Gasteiger partial charge is 0.0547 e. The highest BCUT2D eigenvalue weighted by atomic mass is 15.2. The van der Waals surface area contributed by atoms with Gasteiger partial charge in [0.1, 0.15) is 0 Å². The van der Waals surface area contributed by atoms with Crippen LogP contribution in [0.5, 0.6) is 0 Å². The number of nitrogens with zero attached hydrogens (tertiary/aromatic N) is 2. The van der Waals surface area contributed by atoms with Gasteiger partial charge in [-0.1, -0.05) is 19.9 Å². The molecule has 1 heterocycles. The fourth-order valence-corrected chi connectivity index (χ4v) is 2.50. The maximum Gasteiger partial charge on any atom is 0.0547 e. The minimum absolute atomic E-state index is 0.593. The summed E-state index contributed by atoms with van der Waals surface area (Å²) in [5.74, 6) is 1.62. The second kappa shape index (κ2) is 7.90. The summed E-state index contributed by atoms with van der Waals surface area (Å²) in [6, 6.07) is 7.02. The van der Waals surface area contributed by atoms with Crippen LogP contribution < -0.4 is 5.32 Å². The molecule has 1 fully saturated rings. The van der Waals surface area contributed by atoms with Gasteiger partial charge in [-0.2, -0.15) is 0 Å². The second-order valence-corrected chi connectivity index (χ2v) is 7.11. The third-order valence-corrected chi connectivity index (χ3v) is 4.01. The number of pyridine rings is 1. The molecule has 1 aliphatic carbocycles. The van der Waals surface area contributed by atoms with Crippen LogP contribution in [0.3, 0.4) is 0 Å². The first-order valence-corrected chi connectivity index (χ1v) is 8.44. The topological polar surface area (TPSA) is 28.2 Å². The van der Waals surface area contributed by atoms with Gasteiger partial charge >= 0.3 is 0 Å². The van der Waals surface area contributed by atoms with Crippen molar-refractivity contribution in [1.29, 1.82) is 0 Å². The van der Waals surface area contributed by atoms with Gasteiger partial charge in [-0.15, -0.1) is 0 Å². The fraction of sp³-hybridized carbons (Fsp3) is 0.722. The quantitative estimate of drug-likeness (QED) is 0.755. The molecule has 1 saturated carbocycles. The summed E-state index contributed by atoms with van der Waals surface area (Å²) in [5, 5.41) is 3.47. The summed E-state index contributed by atoms with van der Waals surface area (Å²) in [6.07, 6.45) is 2.83. The Morgan fingerprint density at radius 3 is 2.52 bits per heavy atom. The summed E-state index contributed by atoms with van der Waals surface area (Å²) in [5.41, 5.74) is 2.36. The van der Waals surface area contributed by atoms with Crippen LogP contribution in [-0.2, 0) is 13.1 Å². The first-order valence-electron chi connectivity index (χ1n) is 8.44. The highest BCUT2D eigenvalue weighted by molar-refractivity contribution is 5.11. The molecule has 0 unspecified atom stereocenters. The molecular formula is C18H31N3. The van der Waals surface area contributed by atoms with Gasteiger partial charge in [-0.25, -0.2) is 0 Å². The van der Waals surface area contributed by atoms with E-state index in [9.17, 15) is 0 Å². The van der Waals surface area contributed by atoms with Gasteiger partial charge in [0.05, 0.1) is 11.4 Å². The summed E-state index contributed by atoms with van der Waals surface area (Å²) in [4.78, 5) is 7.38. The number of rotatable bonds is 9.